The van der Waals surface area contributed by atoms with Crippen LogP contribution in [0.3, 0.4) is 0 Å². The van der Waals surface area contributed by atoms with Gasteiger partial charge in [0.1, 0.15) is 0 Å². The third-order valence-corrected chi connectivity index (χ3v) is 1.25. The van der Waals surface area contributed by atoms with Gasteiger partial charge < -0.3 is 9.84 Å². The Hall–Kier alpha value is -0.570. The number of carboxylic acids is 1. The van der Waals surface area contributed by atoms with Crippen molar-refractivity contribution < 1.29 is 14.6 Å². The van der Waals surface area contributed by atoms with E-state index in [0.717, 1.165) is 0 Å². The van der Waals surface area contributed by atoms with E-state index in [1.807, 2.05) is 0 Å². The molecule has 0 fully saturated rings. The summed E-state index contributed by atoms with van der Waals surface area (Å²) in [7, 11) is 1.57. The molecule has 0 bridgehead atoms. The van der Waals surface area contributed by atoms with Crippen molar-refractivity contribution in [1.82, 2.24) is 0 Å². The largest absolute Gasteiger partial charge is 0.481 e. The predicted octanol–water partition coefficient (Wildman–Crippen LogP) is 1.09. The lowest BCUT2D eigenvalue weighted by Crippen LogP contribution is -2.05. The van der Waals surface area contributed by atoms with Gasteiger partial charge in [0.05, 0.1) is 6.10 Å². The Morgan fingerprint density at radius 1 is 1.80 bits per heavy atom. The minimum absolute atomic E-state index is 0.0700. The fraction of sp³-hybridized carbons (Fsp3) is 0.714. The van der Waals surface area contributed by atoms with Gasteiger partial charge in [0.15, 0.2) is 0 Å². The van der Waals surface area contributed by atoms with Crippen molar-refractivity contribution in [3.05, 3.63) is 6.92 Å². The van der Waals surface area contributed by atoms with Gasteiger partial charge in [-0.05, 0) is 19.8 Å². The topological polar surface area (TPSA) is 46.5 Å². The van der Waals surface area contributed by atoms with E-state index in [2.05, 4.69) is 6.92 Å². The minimum Gasteiger partial charge on any atom is -0.481 e. The molecule has 1 N–H and O–H groups in total. The lowest BCUT2D eigenvalue weighted by molar-refractivity contribution is -0.137. The number of carboxylic acid groups (broad SMARTS) is 1. The minimum atomic E-state index is -0.761. The molecule has 0 aliphatic heterocycles. The van der Waals surface area contributed by atoms with Gasteiger partial charge in [-0.3, -0.25) is 4.79 Å². The van der Waals surface area contributed by atoms with E-state index in [0.29, 0.717) is 12.8 Å². The quantitative estimate of drug-likeness (QED) is 0.629. The smallest absolute Gasteiger partial charge is 0.303 e. The predicted molar refractivity (Wildman–Crippen MR) is 37.6 cm³/mol. The maximum Gasteiger partial charge on any atom is 0.303 e. The first kappa shape index (κ1) is 9.43. The van der Waals surface area contributed by atoms with Crippen LogP contribution in [0.25, 0.3) is 0 Å². The molecule has 0 amide bonds. The van der Waals surface area contributed by atoms with E-state index in [9.17, 15) is 4.79 Å². The lowest BCUT2D eigenvalue weighted by atomic mass is 10.2. The first-order chi connectivity index (χ1) is 4.66. The van der Waals surface area contributed by atoms with Gasteiger partial charge in [-0.25, -0.2) is 0 Å². The molecule has 3 nitrogen and oxygen atoms in total. The molecule has 0 aliphatic carbocycles. The summed E-state index contributed by atoms with van der Waals surface area (Å²) in [5.74, 6) is -0.761. The molecular formula is C7H13O3. The van der Waals surface area contributed by atoms with E-state index in [1.165, 1.54) is 0 Å². The van der Waals surface area contributed by atoms with Gasteiger partial charge in [0, 0.05) is 13.5 Å². The van der Waals surface area contributed by atoms with E-state index >= 15 is 0 Å². The highest BCUT2D eigenvalue weighted by atomic mass is 16.5. The van der Waals surface area contributed by atoms with Crippen LogP contribution in [0.2, 0.25) is 0 Å². The fourth-order valence-corrected chi connectivity index (χ4v) is 0.599. The van der Waals surface area contributed by atoms with Gasteiger partial charge in [-0.15, -0.1) is 0 Å². The lowest BCUT2D eigenvalue weighted by Gasteiger charge is -2.06. The van der Waals surface area contributed by atoms with Crippen LogP contribution >= 0.6 is 0 Å². The highest BCUT2D eigenvalue weighted by Crippen LogP contribution is 2.01. The molecule has 0 rings (SSSR count). The van der Waals surface area contributed by atoms with E-state index < -0.39 is 5.97 Å². The number of rotatable bonds is 5. The van der Waals surface area contributed by atoms with E-state index in [-0.39, 0.29) is 12.5 Å². The Balaban J connectivity index is 3.11. The van der Waals surface area contributed by atoms with Crippen molar-refractivity contribution in [3.63, 3.8) is 0 Å². The summed E-state index contributed by atoms with van der Waals surface area (Å²) in [6.45, 7) is 3.64. The molecule has 0 aliphatic rings. The summed E-state index contributed by atoms with van der Waals surface area (Å²) in [5, 5.41) is 8.24. The van der Waals surface area contributed by atoms with Crippen molar-refractivity contribution in [2.75, 3.05) is 7.11 Å². The van der Waals surface area contributed by atoms with Crippen LogP contribution in [0.15, 0.2) is 0 Å². The monoisotopic (exact) mass is 145 g/mol. The highest BCUT2D eigenvalue weighted by molar-refractivity contribution is 5.66. The Morgan fingerprint density at radius 3 is 2.80 bits per heavy atom. The summed E-state index contributed by atoms with van der Waals surface area (Å²) in [4.78, 5) is 10.0. The number of hydrogen-bond donors (Lipinski definition) is 1. The van der Waals surface area contributed by atoms with Gasteiger partial charge in [0.2, 0.25) is 0 Å². The van der Waals surface area contributed by atoms with Crippen LogP contribution in [0, 0.1) is 6.92 Å². The van der Waals surface area contributed by atoms with Crippen LogP contribution in [0.1, 0.15) is 19.3 Å². The van der Waals surface area contributed by atoms with Gasteiger partial charge >= 0.3 is 5.97 Å². The zero-order valence-corrected chi connectivity index (χ0v) is 6.17. The van der Waals surface area contributed by atoms with Crippen LogP contribution in [0.5, 0.6) is 0 Å². The second-order valence-electron chi connectivity index (χ2n) is 2.14. The zero-order valence-electron chi connectivity index (χ0n) is 6.17. The molecule has 1 unspecified atom stereocenters. The fourth-order valence-electron chi connectivity index (χ4n) is 0.599. The van der Waals surface area contributed by atoms with Crippen LogP contribution in [0.4, 0.5) is 0 Å². The average molecular weight is 145 g/mol. The van der Waals surface area contributed by atoms with Gasteiger partial charge in [-0.1, -0.05) is 0 Å². The first-order valence-corrected chi connectivity index (χ1v) is 3.24. The molecule has 0 saturated carbocycles. The second-order valence-corrected chi connectivity index (χ2v) is 2.14. The number of ether oxygens (including phenoxy) is 1. The van der Waals surface area contributed by atoms with Crippen molar-refractivity contribution in [3.8, 4) is 0 Å². The summed E-state index contributed by atoms with van der Waals surface area (Å²) in [5.41, 5.74) is 0. The molecular weight excluding hydrogens is 132 g/mol. The summed E-state index contributed by atoms with van der Waals surface area (Å²) in [6, 6.07) is 0. The number of aliphatic carboxylic acids is 1. The normalized spacial score (nSPS) is 13.0. The molecule has 0 aromatic heterocycles. The zero-order chi connectivity index (χ0) is 7.98. The molecule has 10 heavy (non-hydrogen) atoms. The van der Waals surface area contributed by atoms with E-state index in [1.54, 1.807) is 7.11 Å². The third-order valence-electron chi connectivity index (χ3n) is 1.25. The summed E-state index contributed by atoms with van der Waals surface area (Å²) < 4.78 is 4.83. The second kappa shape index (κ2) is 5.23. The molecule has 0 aromatic rings. The molecule has 1 radical (unpaired) electrons. The maximum atomic E-state index is 10.0. The summed E-state index contributed by atoms with van der Waals surface area (Å²) >= 11 is 0. The molecule has 0 aromatic carbocycles. The van der Waals surface area contributed by atoms with Crippen LogP contribution in [-0.4, -0.2) is 24.3 Å². The van der Waals surface area contributed by atoms with Crippen molar-refractivity contribution in [1.29, 1.82) is 0 Å². The number of methoxy groups -OCH3 is 1. The standard InChI is InChI=1S/C7H13O3/c1-6(10-2)4-3-5-7(8)9/h6H,1,3-5H2,2H3,(H,8,9). The molecule has 3 heteroatoms. The average Bonchev–Trinajstić information content (AvgIpc) is 1.87. The highest BCUT2D eigenvalue weighted by Gasteiger charge is 2.01. The third kappa shape index (κ3) is 5.56. The Labute approximate surface area is 61.0 Å². The van der Waals surface area contributed by atoms with Crippen molar-refractivity contribution >= 4 is 5.97 Å². The summed E-state index contributed by atoms with van der Waals surface area (Å²) in [6.07, 6.45) is 1.48. The molecule has 0 spiro atoms. The van der Waals surface area contributed by atoms with E-state index in [4.69, 9.17) is 9.84 Å². The number of carbonyl (C=O) groups is 1. The maximum absolute atomic E-state index is 10.0. The Morgan fingerprint density at radius 2 is 2.40 bits per heavy atom. The van der Waals surface area contributed by atoms with Crippen molar-refractivity contribution in [2.24, 2.45) is 0 Å². The van der Waals surface area contributed by atoms with Crippen molar-refractivity contribution in [2.45, 2.75) is 25.4 Å². The Kier molecular flexibility index (Phi) is 4.94. The molecule has 0 heterocycles. The Bertz CT molecular complexity index is 101. The van der Waals surface area contributed by atoms with Crippen LogP contribution < -0.4 is 0 Å². The van der Waals surface area contributed by atoms with Gasteiger partial charge in [-0.2, -0.15) is 0 Å². The van der Waals surface area contributed by atoms with Crippen LogP contribution in [-0.2, 0) is 9.53 Å². The van der Waals surface area contributed by atoms with Gasteiger partial charge in [0.25, 0.3) is 0 Å². The SMILES string of the molecule is [CH2]C(CCCC(=O)O)OC. The molecule has 1 atom stereocenters. The number of hydrogen-bond acceptors (Lipinski definition) is 2. The molecule has 59 valence electrons. The first-order valence-electron chi connectivity index (χ1n) is 3.24. The molecule has 0 saturated heterocycles.